The number of allylic oxidation sites excluding steroid dienone is 1. The molecule has 1 unspecified atom stereocenters. The number of anilines is 1. The lowest BCUT2D eigenvalue weighted by Crippen LogP contribution is -2.51. The number of nitrogens with zero attached hydrogens (tertiary/aromatic N) is 1. The molecule has 2 N–H and O–H groups in total. The monoisotopic (exact) mass is 593 g/mol. The second kappa shape index (κ2) is 15.0. The molecule has 224 valence electrons. The van der Waals surface area contributed by atoms with E-state index in [0.29, 0.717) is 23.5 Å². The van der Waals surface area contributed by atoms with Crippen LogP contribution in [0.5, 0.6) is 0 Å². The van der Waals surface area contributed by atoms with Gasteiger partial charge in [0.25, 0.3) is 0 Å². The minimum absolute atomic E-state index is 0.0732. The third-order valence-corrected chi connectivity index (χ3v) is 7.44. The third-order valence-electron chi connectivity index (χ3n) is 6.49. The van der Waals surface area contributed by atoms with E-state index in [1.165, 1.54) is 0 Å². The summed E-state index contributed by atoms with van der Waals surface area (Å²) in [7, 11) is -4.25. The molecular weight excluding hydrogens is 556 g/mol. The van der Waals surface area contributed by atoms with Crippen molar-refractivity contribution < 1.29 is 36.4 Å². The summed E-state index contributed by atoms with van der Waals surface area (Å²) in [4.78, 5) is 32.6. The summed E-state index contributed by atoms with van der Waals surface area (Å²) in [5.41, 5.74) is 5.02. The van der Waals surface area contributed by atoms with Gasteiger partial charge in [0.2, 0.25) is 21.8 Å². The Balaban J connectivity index is 1.90. The maximum absolute atomic E-state index is 14.6. The highest BCUT2D eigenvalue weighted by atomic mass is 32.2. The highest BCUT2D eigenvalue weighted by Gasteiger charge is 2.36. The first-order chi connectivity index (χ1) is 19.5. The minimum atomic E-state index is -4.25. The average molecular weight is 594 g/mol. The summed E-state index contributed by atoms with van der Waals surface area (Å²) in [6.45, 7) is 4.22. The lowest BCUT2D eigenvalue weighted by Gasteiger charge is -2.30. The molecule has 1 aliphatic rings. The Morgan fingerprint density at radius 1 is 1.10 bits per heavy atom. The maximum Gasteiger partial charge on any atom is 0.249 e. The van der Waals surface area contributed by atoms with E-state index in [2.05, 4.69) is 10.9 Å². The van der Waals surface area contributed by atoms with Gasteiger partial charge in [0.15, 0.2) is 12.1 Å². The van der Waals surface area contributed by atoms with E-state index in [0.717, 1.165) is 36.8 Å². The molecule has 9 nitrogen and oxygen atoms in total. The SMILES string of the molecule is CC(C)C[C@@H](C(=O)NN(c1ccc(F)cc1F)S(C)(=O)=O)[C@H](C/C=C/c1ccccc1)C(=O)NOC1CCCCO1. The topological polar surface area (TPSA) is 114 Å². The van der Waals surface area contributed by atoms with Gasteiger partial charge >= 0.3 is 0 Å². The van der Waals surface area contributed by atoms with E-state index in [-0.39, 0.29) is 18.8 Å². The quantitative estimate of drug-likeness (QED) is 0.325. The molecule has 1 aliphatic heterocycles. The molecule has 1 saturated heterocycles. The van der Waals surface area contributed by atoms with Crippen molar-refractivity contribution in [2.24, 2.45) is 17.8 Å². The zero-order chi connectivity index (χ0) is 30.0. The molecule has 1 heterocycles. The highest BCUT2D eigenvalue weighted by molar-refractivity contribution is 7.92. The van der Waals surface area contributed by atoms with Gasteiger partial charge in [-0.3, -0.25) is 15.0 Å². The molecule has 2 amide bonds. The minimum Gasteiger partial charge on any atom is -0.350 e. The number of benzene rings is 2. The lowest BCUT2D eigenvalue weighted by molar-refractivity contribution is -0.203. The molecule has 1 fully saturated rings. The number of hydroxylamine groups is 1. The van der Waals surface area contributed by atoms with Gasteiger partial charge in [-0.2, -0.15) is 4.41 Å². The number of carbonyl (C=O) groups excluding carboxylic acids is 2. The van der Waals surface area contributed by atoms with Crippen LogP contribution in [0, 0.1) is 29.4 Å². The van der Waals surface area contributed by atoms with Gasteiger partial charge in [0.05, 0.1) is 18.1 Å². The first-order valence-electron chi connectivity index (χ1n) is 13.5. The fourth-order valence-corrected chi connectivity index (χ4v) is 5.25. The summed E-state index contributed by atoms with van der Waals surface area (Å²) in [6, 6.07) is 11.7. The van der Waals surface area contributed by atoms with Gasteiger partial charge in [-0.15, -0.1) is 0 Å². The fraction of sp³-hybridized carbons (Fsp3) is 0.448. The van der Waals surface area contributed by atoms with Crippen LogP contribution in [0.25, 0.3) is 6.08 Å². The zero-order valence-electron chi connectivity index (χ0n) is 23.4. The predicted octanol–water partition coefficient (Wildman–Crippen LogP) is 4.72. The van der Waals surface area contributed by atoms with Crippen molar-refractivity contribution in [3.05, 3.63) is 71.8 Å². The smallest absolute Gasteiger partial charge is 0.249 e. The highest BCUT2D eigenvalue weighted by Crippen LogP contribution is 2.28. The second-order valence-electron chi connectivity index (χ2n) is 10.4. The van der Waals surface area contributed by atoms with Gasteiger partial charge in [0, 0.05) is 19.1 Å². The van der Waals surface area contributed by atoms with Crippen LogP contribution in [-0.2, 0) is 29.2 Å². The van der Waals surface area contributed by atoms with E-state index >= 15 is 0 Å². The molecule has 2 aromatic rings. The Hall–Kier alpha value is -3.35. The van der Waals surface area contributed by atoms with Crippen LogP contribution in [-0.4, -0.2) is 39.4 Å². The molecule has 12 heteroatoms. The number of ether oxygens (including phenoxy) is 1. The summed E-state index contributed by atoms with van der Waals surface area (Å²) in [6.07, 6.45) is 6.41. The second-order valence-corrected chi connectivity index (χ2v) is 12.2. The third kappa shape index (κ3) is 9.91. The number of rotatable bonds is 13. The normalized spacial score (nSPS) is 17.3. The van der Waals surface area contributed by atoms with Crippen LogP contribution >= 0.6 is 0 Å². The molecule has 3 rings (SSSR count). The summed E-state index contributed by atoms with van der Waals surface area (Å²) in [5.74, 6) is -5.60. The molecule has 0 aromatic heterocycles. The standard InChI is InChI=1S/C29H37F2N3O6S/c1-20(2)18-24(28(35)32-34(41(3,37)38)26-16-15-22(30)19-25(26)31)23(13-9-12-21-10-5-4-6-11-21)29(36)33-40-27-14-7-8-17-39-27/h4-6,9-12,15-16,19-20,23-24,27H,7-8,13-14,17-18H2,1-3H3,(H,32,35)(H,33,36)/b12-9+/t23-,24+,27?/m0/s1. The Labute approximate surface area is 239 Å². The fourth-order valence-electron chi connectivity index (χ4n) is 4.49. The van der Waals surface area contributed by atoms with Crippen molar-refractivity contribution in [3.63, 3.8) is 0 Å². The number of amides is 2. The molecule has 0 saturated carbocycles. The van der Waals surface area contributed by atoms with E-state index in [9.17, 15) is 26.8 Å². The van der Waals surface area contributed by atoms with Gasteiger partial charge in [0.1, 0.15) is 11.5 Å². The first kappa shape index (κ1) is 32.2. The number of halogens is 2. The number of carbonyl (C=O) groups is 2. The lowest BCUT2D eigenvalue weighted by atomic mass is 9.82. The van der Waals surface area contributed by atoms with Crippen molar-refractivity contribution >= 4 is 33.6 Å². The van der Waals surface area contributed by atoms with Gasteiger partial charge in [-0.1, -0.05) is 56.3 Å². The molecule has 0 aliphatic carbocycles. The van der Waals surface area contributed by atoms with Crippen molar-refractivity contribution in [2.75, 3.05) is 17.3 Å². The van der Waals surface area contributed by atoms with Crippen molar-refractivity contribution in [1.82, 2.24) is 10.9 Å². The maximum atomic E-state index is 14.6. The number of nitrogens with one attached hydrogen (secondary N) is 2. The number of hydrazine groups is 1. The summed E-state index contributed by atoms with van der Waals surface area (Å²) in [5, 5.41) is 0. The van der Waals surface area contributed by atoms with E-state index in [1.54, 1.807) is 6.08 Å². The molecule has 2 aromatic carbocycles. The van der Waals surface area contributed by atoms with Crippen LogP contribution in [0.15, 0.2) is 54.6 Å². The molecule has 0 radical (unpaired) electrons. The molecular formula is C29H37F2N3O6S. The Morgan fingerprint density at radius 3 is 2.44 bits per heavy atom. The average Bonchev–Trinajstić information content (AvgIpc) is 2.92. The summed E-state index contributed by atoms with van der Waals surface area (Å²) >= 11 is 0. The van der Waals surface area contributed by atoms with Gasteiger partial charge in [-0.05, 0) is 49.3 Å². The number of hydrogen-bond acceptors (Lipinski definition) is 6. The first-order valence-corrected chi connectivity index (χ1v) is 15.3. The molecule has 41 heavy (non-hydrogen) atoms. The number of sulfonamides is 1. The van der Waals surface area contributed by atoms with Crippen molar-refractivity contribution in [1.29, 1.82) is 0 Å². The van der Waals surface area contributed by atoms with E-state index in [4.69, 9.17) is 9.57 Å². The van der Waals surface area contributed by atoms with E-state index < -0.39 is 57.3 Å². The van der Waals surface area contributed by atoms with Gasteiger partial charge < -0.3 is 4.74 Å². The molecule has 0 spiro atoms. The summed E-state index contributed by atoms with van der Waals surface area (Å²) < 4.78 is 59.1. The van der Waals surface area contributed by atoms with Crippen LogP contribution in [0.2, 0.25) is 0 Å². The Kier molecular flexibility index (Phi) is 11.8. The van der Waals surface area contributed by atoms with E-state index in [1.807, 2.05) is 50.3 Å². The Morgan fingerprint density at radius 2 is 1.83 bits per heavy atom. The van der Waals surface area contributed by atoms with Crippen molar-refractivity contribution in [3.8, 4) is 0 Å². The number of hydrogen-bond donors (Lipinski definition) is 2. The van der Waals surface area contributed by atoms with Crippen LogP contribution < -0.4 is 15.3 Å². The zero-order valence-corrected chi connectivity index (χ0v) is 24.2. The Bertz CT molecular complexity index is 1300. The largest absolute Gasteiger partial charge is 0.350 e. The van der Waals surface area contributed by atoms with Crippen LogP contribution in [0.1, 0.15) is 51.5 Å². The van der Waals surface area contributed by atoms with Crippen LogP contribution in [0.3, 0.4) is 0 Å². The van der Waals surface area contributed by atoms with Crippen molar-refractivity contribution in [2.45, 2.75) is 52.2 Å². The van der Waals surface area contributed by atoms with Crippen LogP contribution in [0.4, 0.5) is 14.5 Å². The van der Waals surface area contributed by atoms with Gasteiger partial charge in [-0.25, -0.2) is 27.5 Å². The predicted molar refractivity (Wildman–Crippen MR) is 151 cm³/mol. The molecule has 0 bridgehead atoms. The molecule has 3 atom stereocenters.